The molecule has 0 radical (unpaired) electrons. The number of carbonyl (C=O) groups is 2. The normalized spacial score (nSPS) is 15.8. The average Bonchev–Trinajstić information content (AvgIpc) is 3.16. The Bertz CT molecular complexity index is 785. The summed E-state index contributed by atoms with van der Waals surface area (Å²) in [5.41, 5.74) is 2.07. The Balaban J connectivity index is 1.76. The number of esters is 1. The molecule has 144 valence electrons. The predicted molar refractivity (Wildman–Crippen MR) is 101 cm³/mol. The molecule has 2 aromatic rings. The van der Waals surface area contributed by atoms with Crippen LogP contribution in [-0.2, 0) is 16.1 Å². The lowest BCUT2D eigenvalue weighted by Crippen LogP contribution is -2.47. The van der Waals surface area contributed by atoms with Crippen LogP contribution in [0.2, 0.25) is 0 Å². The van der Waals surface area contributed by atoms with Gasteiger partial charge in [0, 0.05) is 31.5 Å². The first-order valence-electron chi connectivity index (χ1n) is 9.13. The molecule has 2 heterocycles. The standard InChI is InChI=1S/C20H25N3O4/c1-3-27-18(24)10-11-21-20(25)23-14-13-22-12-4-5-17(22)19(23)15-6-8-16(26-2)9-7-15/h4-9,12,19H,3,10-11,13-14H2,1-2H3,(H,21,25)/t19-/m0/s1. The zero-order valence-corrected chi connectivity index (χ0v) is 15.7. The fourth-order valence-corrected chi connectivity index (χ4v) is 3.35. The summed E-state index contributed by atoms with van der Waals surface area (Å²) in [6.07, 6.45) is 2.19. The van der Waals surface area contributed by atoms with Gasteiger partial charge in [0.15, 0.2) is 0 Å². The second-order valence-corrected chi connectivity index (χ2v) is 6.28. The maximum absolute atomic E-state index is 12.8. The number of amides is 2. The van der Waals surface area contributed by atoms with Crippen LogP contribution in [0.5, 0.6) is 5.75 Å². The SMILES string of the molecule is CCOC(=O)CCNC(=O)N1CCn2cccc2[C@@H]1c1ccc(OC)cc1. The molecule has 1 aliphatic rings. The molecule has 1 atom stereocenters. The van der Waals surface area contributed by atoms with E-state index < -0.39 is 0 Å². The summed E-state index contributed by atoms with van der Waals surface area (Å²) in [6, 6.07) is 11.4. The van der Waals surface area contributed by atoms with Gasteiger partial charge in [-0.1, -0.05) is 12.1 Å². The first-order valence-corrected chi connectivity index (χ1v) is 9.13. The van der Waals surface area contributed by atoms with E-state index in [-0.39, 0.29) is 31.0 Å². The van der Waals surface area contributed by atoms with Crippen LogP contribution >= 0.6 is 0 Å². The minimum Gasteiger partial charge on any atom is -0.497 e. The minimum atomic E-state index is -0.308. The van der Waals surface area contributed by atoms with Crippen molar-refractivity contribution in [3.63, 3.8) is 0 Å². The molecule has 1 aromatic carbocycles. The first kappa shape index (κ1) is 18.8. The van der Waals surface area contributed by atoms with Crippen LogP contribution in [0.1, 0.15) is 30.6 Å². The number of hydrogen-bond acceptors (Lipinski definition) is 4. The number of rotatable bonds is 6. The van der Waals surface area contributed by atoms with Gasteiger partial charge in [0.1, 0.15) is 5.75 Å². The monoisotopic (exact) mass is 371 g/mol. The van der Waals surface area contributed by atoms with Crippen molar-refractivity contribution in [1.29, 1.82) is 0 Å². The molecular weight excluding hydrogens is 346 g/mol. The van der Waals surface area contributed by atoms with Crippen LogP contribution in [0.4, 0.5) is 4.79 Å². The molecule has 7 nitrogen and oxygen atoms in total. The van der Waals surface area contributed by atoms with Crippen molar-refractivity contribution in [2.24, 2.45) is 0 Å². The van der Waals surface area contributed by atoms with Crippen LogP contribution in [-0.4, -0.2) is 48.3 Å². The number of nitrogens with zero attached hydrogens (tertiary/aromatic N) is 2. The van der Waals surface area contributed by atoms with E-state index in [1.54, 1.807) is 14.0 Å². The number of benzene rings is 1. The zero-order valence-electron chi connectivity index (χ0n) is 15.7. The van der Waals surface area contributed by atoms with Crippen molar-refractivity contribution >= 4 is 12.0 Å². The van der Waals surface area contributed by atoms with E-state index >= 15 is 0 Å². The Morgan fingerprint density at radius 2 is 1.96 bits per heavy atom. The van der Waals surface area contributed by atoms with Gasteiger partial charge < -0.3 is 24.3 Å². The molecule has 1 N–H and O–H groups in total. The van der Waals surface area contributed by atoms with Crippen LogP contribution in [0, 0.1) is 0 Å². The fourth-order valence-electron chi connectivity index (χ4n) is 3.35. The van der Waals surface area contributed by atoms with E-state index in [1.807, 2.05) is 47.5 Å². The molecule has 3 rings (SSSR count). The summed E-state index contributed by atoms with van der Waals surface area (Å²) in [4.78, 5) is 26.1. The van der Waals surface area contributed by atoms with Gasteiger partial charge in [0.05, 0.1) is 26.2 Å². The van der Waals surface area contributed by atoms with Crippen molar-refractivity contribution in [2.75, 3.05) is 26.8 Å². The molecule has 0 spiro atoms. The topological polar surface area (TPSA) is 72.8 Å². The maximum atomic E-state index is 12.8. The lowest BCUT2D eigenvalue weighted by molar-refractivity contribution is -0.142. The molecule has 0 fully saturated rings. The minimum absolute atomic E-state index is 0.164. The highest BCUT2D eigenvalue weighted by molar-refractivity contribution is 5.76. The molecule has 1 aliphatic heterocycles. The molecular formula is C20H25N3O4. The summed E-state index contributed by atoms with van der Waals surface area (Å²) in [7, 11) is 1.63. The number of urea groups is 1. The van der Waals surface area contributed by atoms with Crippen molar-refractivity contribution in [3.05, 3.63) is 53.9 Å². The molecule has 0 saturated carbocycles. The number of fused-ring (bicyclic) bond motifs is 1. The van der Waals surface area contributed by atoms with Gasteiger partial charge in [-0.05, 0) is 36.8 Å². The molecule has 2 amide bonds. The summed E-state index contributed by atoms with van der Waals surface area (Å²) in [5, 5.41) is 2.84. The second kappa shape index (κ2) is 8.62. The largest absolute Gasteiger partial charge is 0.497 e. The van der Waals surface area contributed by atoms with Crippen LogP contribution in [0.3, 0.4) is 0 Å². The molecule has 0 unspecified atom stereocenters. The Labute approximate surface area is 158 Å². The predicted octanol–water partition coefficient (Wildman–Crippen LogP) is 2.56. The molecule has 0 bridgehead atoms. The van der Waals surface area contributed by atoms with Gasteiger partial charge >= 0.3 is 12.0 Å². The summed E-state index contributed by atoms with van der Waals surface area (Å²) < 4.78 is 12.3. The maximum Gasteiger partial charge on any atom is 0.318 e. The number of hydrogen-bond donors (Lipinski definition) is 1. The highest BCUT2D eigenvalue weighted by Gasteiger charge is 2.32. The van der Waals surface area contributed by atoms with Gasteiger partial charge in [-0.2, -0.15) is 0 Å². The Hall–Kier alpha value is -2.96. The fraction of sp³-hybridized carbons (Fsp3) is 0.400. The third-order valence-corrected chi connectivity index (χ3v) is 4.64. The van der Waals surface area contributed by atoms with E-state index in [0.717, 1.165) is 23.6 Å². The molecule has 0 aliphatic carbocycles. The van der Waals surface area contributed by atoms with Crippen molar-refractivity contribution in [2.45, 2.75) is 25.9 Å². The smallest absolute Gasteiger partial charge is 0.318 e. The Morgan fingerprint density at radius 3 is 2.67 bits per heavy atom. The molecule has 27 heavy (non-hydrogen) atoms. The Kier molecular flexibility index (Phi) is 6.01. The van der Waals surface area contributed by atoms with Gasteiger partial charge in [0.2, 0.25) is 0 Å². The van der Waals surface area contributed by atoms with Crippen LogP contribution < -0.4 is 10.1 Å². The number of nitrogens with one attached hydrogen (secondary N) is 1. The lowest BCUT2D eigenvalue weighted by atomic mass is 10.00. The summed E-state index contributed by atoms with van der Waals surface area (Å²) in [5.74, 6) is 0.465. The Morgan fingerprint density at radius 1 is 1.19 bits per heavy atom. The zero-order chi connectivity index (χ0) is 19.2. The highest BCUT2D eigenvalue weighted by atomic mass is 16.5. The van der Waals surface area contributed by atoms with Gasteiger partial charge in [-0.15, -0.1) is 0 Å². The van der Waals surface area contributed by atoms with E-state index in [0.29, 0.717) is 13.2 Å². The van der Waals surface area contributed by atoms with Crippen molar-refractivity contribution in [1.82, 2.24) is 14.8 Å². The van der Waals surface area contributed by atoms with E-state index in [4.69, 9.17) is 9.47 Å². The van der Waals surface area contributed by atoms with Crippen molar-refractivity contribution in [3.8, 4) is 5.75 Å². The van der Waals surface area contributed by atoms with E-state index in [1.165, 1.54) is 0 Å². The second-order valence-electron chi connectivity index (χ2n) is 6.28. The summed E-state index contributed by atoms with van der Waals surface area (Å²) in [6.45, 7) is 3.68. The number of ether oxygens (including phenoxy) is 2. The van der Waals surface area contributed by atoms with Gasteiger partial charge in [-0.3, -0.25) is 4.79 Å². The van der Waals surface area contributed by atoms with Crippen molar-refractivity contribution < 1.29 is 19.1 Å². The lowest BCUT2D eigenvalue weighted by Gasteiger charge is -2.37. The number of methoxy groups -OCH3 is 1. The van der Waals surface area contributed by atoms with Gasteiger partial charge in [0.25, 0.3) is 0 Å². The van der Waals surface area contributed by atoms with Crippen LogP contribution in [0.15, 0.2) is 42.6 Å². The van der Waals surface area contributed by atoms with Gasteiger partial charge in [-0.25, -0.2) is 4.79 Å². The third kappa shape index (κ3) is 4.24. The third-order valence-electron chi connectivity index (χ3n) is 4.64. The van der Waals surface area contributed by atoms with Crippen LogP contribution in [0.25, 0.3) is 0 Å². The van der Waals surface area contributed by atoms with E-state index in [9.17, 15) is 9.59 Å². The first-order chi connectivity index (χ1) is 13.1. The quantitative estimate of drug-likeness (QED) is 0.792. The average molecular weight is 371 g/mol. The van der Waals surface area contributed by atoms with E-state index in [2.05, 4.69) is 9.88 Å². The molecule has 1 aromatic heterocycles. The summed E-state index contributed by atoms with van der Waals surface area (Å²) >= 11 is 0. The highest BCUT2D eigenvalue weighted by Crippen LogP contribution is 2.33. The molecule has 0 saturated heterocycles. The number of carbonyl (C=O) groups excluding carboxylic acids is 2. The molecule has 7 heteroatoms. The number of aromatic nitrogens is 1.